The molecule has 5 heteroatoms. The number of rotatable bonds is 2. The zero-order valence-corrected chi connectivity index (χ0v) is 14.3. The van der Waals surface area contributed by atoms with E-state index in [1.807, 2.05) is 0 Å². The fraction of sp³-hybridized carbons (Fsp3) is 0.556. The monoisotopic (exact) mass is 348 g/mol. The van der Waals surface area contributed by atoms with Crippen molar-refractivity contribution in [2.24, 2.45) is 17.3 Å². The van der Waals surface area contributed by atoms with E-state index in [9.17, 15) is 10.1 Å². The third-order valence-electron chi connectivity index (χ3n) is 5.82. The zero-order valence-electron chi connectivity index (χ0n) is 12.7. The number of amides is 1. The van der Waals surface area contributed by atoms with Crippen molar-refractivity contribution in [3.8, 4) is 6.07 Å². The molecule has 2 unspecified atom stereocenters. The number of halogens is 2. The summed E-state index contributed by atoms with van der Waals surface area (Å²) in [5.74, 6) is 1.14. The molecule has 5 rings (SSSR count). The summed E-state index contributed by atoms with van der Waals surface area (Å²) in [5.41, 5.74) is 0.568. The topological polar surface area (TPSA) is 52.9 Å². The molecular formula is C18H18Cl2N2O. The molecule has 0 radical (unpaired) electrons. The standard InChI is InChI=1S/C18H18Cl2N2O/c19-14-2-1-13(9-21)15(4-14)22-16(23)17-5-11-3-12(6-17)8-18(20,7-11)10-17/h1-2,4,11-12H,3,5-8,10H2,(H,22,23). The minimum atomic E-state index is -0.374. The number of anilines is 1. The predicted molar refractivity (Wildman–Crippen MR) is 90.5 cm³/mol. The van der Waals surface area contributed by atoms with E-state index in [-0.39, 0.29) is 16.2 Å². The van der Waals surface area contributed by atoms with Crippen LogP contribution in [0.5, 0.6) is 0 Å². The van der Waals surface area contributed by atoms with Gasteiger partial charge in [-0.2, -0.15) is 5.26 Å². The van der Waals surface area contributed by atoms with E-state index in [4.69, 9.17) is 23.2 Å². The maximum absolute atomic E-state index is 13.1. The second-order valence-corrected chi connectivity index (χ2v) is 8.89. The summed E-state index contributed by atoms with van der Waals surface area (Å²) >= 11 is 12.8. The molecule has 4 saturated carbocycles. The summed E-state index contributed by atoms with van der Waals surface area (Å²) in [4.78, 5) is 12.9. The van der Waals surface area contributed by atoms with Gasteiger partial charge >= 0.3 is 0 Å². The van der Waals surface area contributed by atoms with E-state index < -0.39 is 0 Å². The van der Waals surface area contributed by atoms with Crippen LogP contribution < -0.4 is 5.32 Å². The Morgan fingerprint density at radius 2 is 1.96 bits per heavy atom. The van der Waals surface area contributed by atoms with Crippen LogP contribution in [0.25, 0.3) is 0 Å². The van der Waals surface area contributed by atoms with Crippen molar-refractivity contribution in [3.05, 3.63) is 28.8 Å². The molecule has 0 aliphatic heterocycles. The lowest BCUT2D eigenvalue weighted by molar-refractivity contribution is -0.138. The Labute approximate surface area is 146 Å². The Morgan fingerprint density at radius 1 is 1.26 bits per heavy atom. The van der Waals surface area contributed by atoms with E-state index in [1.165, 1.54) is 6.42 Å². The summed E-state index contributed by atoms with van der Waals surface area (Å²) < 4.78 is 0. The summed E-state index contributed by atoms with van der Waals surface area (Å²) in [6.07, 6.45) is 5.90. The number of carbonyl (C=O) groups excluding carboxylic acids is 1. The molecule has 0 heterocycles. The molecule has 0 saturated heterocycles. The van der Waals surface area contributed by atoms with Crippen molar-refractivity contribution in [2.45, 2.75) is 43.4 Å². The first-order valence-electron chi connectivity index (χ1n) is 8.11. The zero-order chi connectivity index (χ0) is 16.2. The van der Waals surface area contributed by atoms with Gasteiger partial charge in [-0.1, -0.05) is 11.6 Å². The van der Waals surface area contributed by atoms with Crippen LogP contribution in [-0.2, 0) is 4.79 Å². The van der Waals surface area contributed by atoms with Crippen LogP contribution in [0.4, 0.5) is 5.69 Å². The van der Waals surface area contributed by atoms with Gasteiger partial charge in [-0.15, -0.1) is 11.6 Å². The SMILES string of the molecule is N#Cc1ccc(Cl)cc1NC(=O)C12CC3CC(CC(Cl)(C3)C1)C2. The smallest absolute Gasteiger partial charge is 0.230 e. The van der Waals surface area contributed by atoms with E-state index in [2.05, 4.69) is 11.4 Å². The highest BCUT2D eigenvalue weighted by atomic mass is 35.5. The highest BCUT2D eigenvalue weighted by Gasteiger charge is 2.60. The molecule has 4 fully saturated rings. The first-order chi connectivity index (χ1) is 10.9. The van der Waals surface area contributed by atoms with Crippen molar-refractivity contribution >= 4 is 34.8 Å². The van der Waals surface area contributed by atoms with Crippen molar-refractivity contribution in [1.29, 1.82) is 5.26 Å². The first kappa shape index (κ1) is 15.3. The average Bonchev–Trinajstić information content (AvgIpc) is 2.45. The number of hydrogen-bond donors (Lipinski definition) is 1. The van der Waals surface area contributed by atoms with Gasteiger partial charge < -0.3 is 5.32 Å². The maximum atomic E-state index is 13.1. The lowest BCUT2D eigenvalue weighted by Crippen LogP contribution is -2.57. The lowest BCUT2D eigenvalue weighted by atomic mass is 9.49. The summed E-state index contributed by atoms with van der Waals surface area (Å²) in [6.45, 7) is 0. The van der Waals surface area contributed by atoms with E-state index in [0.717, 1.165) is 32.1 Å². The summed E-state index contributed by atoms with van der Waals surface area (Å²) in [7, 11) is 0. The maximum Gasteiger partial charge on any atom is 0.230 e. The number of benzene rings is 1. The van der Waals surface area contributed by atoms with Crippen molar-refractivity contribution in [2.75, 3.05) is 5.32 Å². The third-order valence-corrected chi connectivity index (χ3v) is 6.50. The van der Waals surface area contributed by atoms with Gasteiger partial charge in [0.2, 0.25) is 5.91 Å². The summed E-state index contributed by atoms with van der Waals surface area (Å²) in [6, 6.07) is 7.06. The molecule has 4 bridgehead atoms. The molecule has 1 N–H and O–H groups in total. The number of alkyl halides is 1. The van der Waals surface area contributed by atoms with Crippen molar-refractivity contribution < 1.29 is 4.79 Å². The number of hydrogen-bond acceptors (Lipinski definition) is 2. The molecule has 1 aromatic carbocycles. The van der Waals surface area contributed by atoms with Gasteiger partial charge in [0.05, 0.1) is 16.7 Å². The van der Waals surface area contributed by atoms with Crippen LogP contribution in [0, 0.1) is 28.6 Å². The second-order valence-electron chi connectivity index (χ2n) is 7.65. The van der Waals surface area contributed by atoms with Crippen LogP contribution in [0.3, 0.4) is 0 Å². The van der Waals surface area contributed by atoms with Gasteiger partial charge in [-0.3, -0.25) is 4.79 Å². The van der Waals surface area contributed by atoms with Gasteiger partial charge in [-0.25, -0.2) is 0 Å². The van der Waals surface area contributed by atoms with Crippen LogP contribution in [0.2, 0.25) is 5.02 Å². The molecule has 3 nitrogen and oxygen atoms in total. The molecule has 1 aromatic rings. The quantitative estimate of drug-likeness (QED) is 0.785. The normalized spacial score (nSPS) is 37.4. The van der Waals surface area contributed by atoms with Crippen LogP contribution in [0.1, 0.15) is 44.1 Å². The van der Waals surface area contributed by atoms with Crippen molar-refractivity contribution in [3.63, 3.8) is 0 Å². The second kappa shape index (κ2) is 5.13. The Morgan fingerprint density at radius 3 is 2.57 bits per heavy atom. The Kier molecular flexibility index (Phi) is 3.41. The van der Waals surface area contributed by atoms with Crippen LogP contribution in [-0.4, -0.2) is 10.8 Å². The Bertz CT molecular complexity index is 710. The van der Waals surface area contributed by atoms with Gasteiger partial charge in [0, 0.05) is 9.90 Å². The Balaban J connectivity index is 1.63. The Hall–Kier alpha value is -1.24. The number of nitrogens with zero attached hydrogens (tertiary/aromatic N) is 1. The average molecular weight is 349 g/mol. The van der Waals surface area contributed by atoms with E-state index >= 15 is 0 Å². The van der Waals surface area contributed by atoms with Gasteiger partial charge in [0.15, 0.2) is 0 Å². The van der Waals surface area contributed by atoms with E-state index in [1.54, 1.807) is 18.2 Å². The fourth-order valence-corrected chi connectivity index (χ4v) is 6.25. The van der Waals surface area contributed by atoms with E-state index in [0.29, 0.717) is 28.1 Å². The number of nitriles is 1. The van der Waals surface area contributed by atoms with Crippen molar-refractivity contribution in [1.82, 2.24) is 0 Å². The molecule has 23 heavy (non-hydrogen) atoms. The highest BCUT2D eigenvalue weighted by Crippen LogP contribution is 2.64. The first-order valence-corrected chi connectivity index (χ1v) is 8.87. The molecule has 0 spiro atoms. The molecule has 120 valence electrons. The molecule has 2 atom stereocenters. The number of carbonyl (C=O) groups is 1. The van der Waals surface area contributed by atoms with Gasteiger partial charge in [0.25, 0.3) is 0 Å². The predicted octanol–water partition coefficient (Wildman–Crippen LogP) is 4.73. The molecule has 0 aromatic heterocycles. The lowest BCUT2D eigenvalue weighted by Gasteiger charge is -2.59. The third kappa shape index (κ3) is 2.53. The largest absolute Gasteiger partial charge is 0.324 e. The minimum absolute atomic E-state index is 0.00962. The highest BCUT2D eigenvalue weighted by molar-refractivity contribution is 6.31. The molecular weight excluding hydrogens is 331 g/mol. The number of nitrogens with one attached hydrogen (secondary N) is 1. The fourth-order valence-electron chi connectivity index (χ4n) is 5.39. The van der Waals surface area contributed by atoms with Gasteiger partial charge in [-0.05, 0) is 68.6 Å². The van der Waals surface area contributed by atoms with Gasteiger partial charge in [0.1, 0.15) is 6.07 Å². The molecule has 1 amide bonds. The van der Waals surface area contributed by atoms with Crippen LogP contribution in [0.15, 0.2) is 18.2 Å². The minimum Gasteiger partial charge on any atom is -0.324 e. The molecule has 4 aliphatic rings. The molecule has 4 aliphatic carbocycles. The van der Waals surface area contributed by atoms with Crippen LogP contribution >= 0.6 is 23.2 Å². The summed E-state index contributed by atoms with van der Waals surface area (Å²) in [5, 5.41) is 12.7.